The molecule has 0 heterocycles. The number of hydrogen-bond donors (Lipinski definition) is 0. The fourth-order valence-corrected chi connectivity index (χ4v) is 4.99. The molecule has 0 radical (unpaired) electrons. The van der Waals surface area contributed by atoms with Crippen LogP contribution in [0.15, 0.2) is 54.7 Å². The highest BCUT2D eigenvalue weighted by molar-refractivity contribution is 5.78. The molecule has 1 unspecified atom stereocenters. The third-order valence-electron chi connectivity index (χ3n) is 6.39. The number of allylic oxidation sites excluding steroid dienone is 4. The van der Waals surface area contributed by atoms with Crippen molar-refractivity contribution < 1.29 is 13.6 Å². The van der Waals surface area contributed by atoms with E-state index in [9.17, 15) is 13.6 Å². The predicted molar refractivity (Wildman–Crippen MR) is 121 cm³/mol. The molecule has 0 aliphatic heterocycles. The van der Waals surface area contributed by atoms with Gasteiger partial charge in [0.2, 0.25) is 0 Å². The molecule has 1 aromatic rings. The zero-order chi connectivity index (χ0) is 22.3. The molecular formula is C27H36F2O. The summed E-state index contributed by atoms with van der Waals surface area (Å²) in [7, 11) is 0. The van der Waals surface area contributed by atoms with Crippen LogP contribution < -0.4 is 0 Å². The van der Waals surface area contributed by atoms with E-state index in [1.54, 1.807) is 0 Å². The van der Waals surface area contributed by atoms with Gasteiger partial charge in [0.05, 0.1) is 0 Å². The van der Waals surface area contributed by atoms with Crippen LogP contribution in [0.25, 0.3) is 0 Å². The molecule has 1 aliphatic rings. The van der Waals surface area contributed by atoms with Crippen molar-refractivity contribution in [2.75, 3.05) is 0 Å². The second-order valence-corrected chi connectivity index (χ2v) is 9.17. The number of carbonyl (C=O) groups is 1. The zero-order valence-electron chi connectivity index (χ0n) is 18.7. The number of hydrogen-bond acceptors (Lipinski definition) is 1. The summed E-state index contributed by atoms with van der Waals surface area (Å²) < 4.78 is 26.8. The number of carbonyl (C=O) groups excluding carboxylic acids is 1. The largest absolute Gasteiger partial charge is 0.300 e. The summed E-state index contributed by atoms with van der Waals surface area (Å²) in [5.74, 6) is 0.811. The Morgan fingerprint density at radius 3 is 2.40 bits per heavy atom. The lowest BCUT2D eigenvalue weighted by Crippen LogP contribution is -2.24. The molecule has 3 heteroatoms. The minimum Gasteiger partial charge on any atom is -0.300 e. The van der Waals surface area contributed by atoms with Crippen LogP contribution in [0.3, 0.4) is 0 Å². The van der Waals surface area contributed by atoms with Gasteiger partial charge in [0.25, 0.3) is 0 Å². The Labute approximate surface area is 181 Å². The number of halogens is 2. The van der Waals surface area contributed by atoms with Gasteiger partial charge in [0.15, 0.2) is 0 Å². The summed E-state index contributed by atoms with van der Waals surface area (Å²) in [6.45, 7) is 14.7. The van der Waals surface area contributed by atoms with E-state index in [4.69, 9.17) is 0 Å². The van der Waals surface area contributed by atoms with Crippen molar-refractivity contribution >= 4 is 5.78 Å². The Balaban J connectivity index is 1.88. The second-order valence-electron chi connectivity index (χ2n) is 9.17. The molecule has 1 atom stereocenters. The van der Waals surface area contributed by atoms with Crippen LogP contribution in [0.1, 0.15) is 64.9 Å². The van der Waals surface area contributed by atoms with Gasteiger partial charge >= 0.3 is 0 Å². The maximum atomic E-state index is 13.7. The molecule has 0 spiro atoms. The van der Waals surface area contributed by atoms with Gasteiger partial charge in [-0.2, -0.15) is 0 Å². The van der Waals surface area contributed by atoms with Gasteiger partial charge < -0.3 is 0 Å². The van der Waals surface area contributed by atoms with Crippen LogP contribution in [0.2, 0.25) is 0 Å². The van der Waals surface area contributed by atoms with E-state index in [0.717, 1.165) is 31.7 Å². The Morgan fingerprint density at radius 1 is 1.20 bits per heavy atom. The number of aryl methyl sites for hydroxylation is 1. The van der Waals surface area contributed by atoms with Crippen molar-refractivity contribution in [1.29, 1.82) is 0 Å². The molecule has 1 fully saturated rings. The van der Waals surface area contributed by atoms with E-state index in [1.807, 2.05) is 6.08 Å². The number of rotatable bonds is 10. The summed E-state index contributed by atoms with van der Waals surface area (Å²) >= 11 is 0. The Bertz CT molecular complexity index is 782. The molecule has 1 nitrogen and oxygen atoms in total. The predicted octanol–water partition coefficient (Wildman–Crippen LogP) is 7.62. The first-order valence-electron chi connectivity index (χ1n) is 11.2. The second kappa shape index (κ2) is 11.4. The quantitative estimate of drug-likeness (QED) is 0.284. The molecule has 0 bridgehead atoms. The van der Waals surface area contributed by atoms with Crippen molar-refractivity contribution in [1.82, 2.24) is 0 Å². The van der Waals surface area contributed by atoms with E-state index >= 15 is 0 Å². The summed E-state index contributed by atoms with van der Waals surface area (Å²) in [4.78, 5) is 12.4. The topological polar surface area (TPSA) is 17.1 Å². The van der Waals surface area contributed by atoms with Gasteiger partial charge in [-0.1, -0.05) is 56.4 Å². The highest BCUT2D eigenvalue weighted by Crippen LogP contribution is 2.41. The van der Waals surface area contributed by atoms with Crippen molar-refractivity contribution in [3.63, 3.8) is 0 Å². The fourth-order valence-electron chi connectivity index (χ4n) is 4.99. The molecule has 164 valence electrons. The van der Waals surface area contributed by atoms with Crippen LogP contribution in [0.5, 0.6) is 0 Å². The summed E-state index contributed by atoms with van der Waals surface area (Å²) in [6, 6.07) is 3.56. The lowest BCUT2D eigenvalue weighted by molar-refractivity contribution is -0.120. The van der Waals surface area contributed by atoms with Gasteiger partial charge in [0.1, 0.15) is 17.4 Å². The normalized spacial score (nSPS) is 20.8. The van der Waals surface area contributed by atoms with Gasteiger partial charge in [-0.3, -0.25) is 4.79 Å². The monoisotopic (exact) mass is 414 g/mol. The van der Waals surface area contributed by atoms with Crippen LogP contribution in [-0.4, -0.2) is 5.78 Å². The lowest BCUT2D eigenvalue weighted by atomic mass is 9.70. The van der Waals surface area contributed by atoms with Gasteiger partial charge in [-0.05, 0) is 68.4 Å². The minimum atomic E-state index is -0.587. The van der Waals surface area contributed by atoms with E-state index in [0.29, 0.717) is 48.5 Å². The molecule has 1 aromatic carbocycles. The van der Waals surface area contributed by atoms with Crippen LogP contribution >= 0.6 is 0 Å². The van der Waals surface area contributed by atoms with Gasteiger partial charge in [-0.25, -0.2) is 8.78 Å². The molecule has 0 saturated heterocycles. The zero-order valence-corrected chi connectivity index (χ0v) is 18.7. The van der Waals surface area contributed by atoms with E-state index in [-0.39, 0.29) is 5.78 Å². The van der Waals surface area contributed by atoms with Crippen molar-refractivity contribution in [2.45, 2.75) is 65.7 Å². The van der Waals surface area contributed by atoms with Crippen molar-refractivity contribution in [2.24, 2.45) is 23.7 Å². The number of ketones is 1. The summed E-state index contributed by atoms with van der Waals surface area (Å²) in [5, 5.41) is 0. The van der Waals surface area contributed by atoms with Crippen molar-refractivity contribution in [3.8, 4) is 0 Å². The third-order valence-corrected chi connectivity index (χ3v) is 6.39. The molecule has 2 rings (SSSR count). The Kier molecular flexibility index (Phi) is 9.20. The maximum Gasteiger partial charge on any atom is 0.133 e. The lowest BCUT2D eigenvalue weighted by Gasteiger charge is -2.35. The Hall–Kier alpha value is -2.03. The minimum absolute atomic E-state index is 0.172. The molecule has 0 aromatic heterocycles. The molecule has 1 saturated carbocycles. The molecule has 1 aliphatic carbocycles. The van der Waals surface area contributed by atoms with E-state index in [1.165, 1.54) is 23.3 Å². The standard InChI is InChI=1S/C27H36F2O/c1-6-7-25(27(18(2)3)19(4)5)21-10-8-20(9-11-21)16-24(30)15-13-22-12-14-23(28)17-26(22)29/h6-7,12,14,17,19-21,27H,1-2,8-11,13,15-16H2,3-5H3/b25-7-. The maximum absolute atomic E-state index is 13.7. The highest BCUT2D eigenvalue weighted by atomic mass is 19.1. The first-order valence-corrected chi connectivity index (χ1v) is 11.2. The van der Waals surface area contributed by atoms with Crippen LogP contribution in [0, 0.1) is 35.3 Å². The first kappa shape index (κ1) is 24.2. The summed E-state index contributed by atoms with van der Waals surface area (Å²) in [5.41, 5.74) is 3.04. The summed E-state index contributed by atoms with van der Waals surface area (Å²) in [6.07, 6.45) is 9.51. The average Bonchev–Trinajstić information content (AvgIpc) is 2.67. The van der Waals surface area contributed by atoms with Crippen LogP contribution in [-0.2, 0) is 11.2 Å². The molecule has 0 N–H and O–H groups in total. The highest BCUT2D eigenvalue weighted by Gasteiger charge is 2.30. The van der Waals surface area contributed by atoms with Gasteiger partial charge in [0, 0.05) is 24.8 Å². The van der Waals surface area contributed by atoms with E-state index < -0.39 is 11.6 Å². The fraction of sp³-hybridized carbons (Fsp3) is 0.519. The van der Waals surface area contributed by atoms with Crippen molar-refractivity contribution in [3.05, 3.63) is 71.9 Å². The van der Waals surface area contributed by atoms with E-state index in [2.05, 4.69) is 40.0 Å². The number of benzene rings is 1. The molecule has 30 heavy (non-hydrogen) atoms. The molecule has 0 amide bonds. The Morgan fingerprint density at radius 2 is 1.87 bits per heavy atom. The number of Topliss-reactive ketones (excluding diaryl/α,β-unsaturated/α-hetero) is 1. The molecular weight excluding hydrogens is 378 g/mol. The SMILES string of the molecule is C=C/C=C(/C1CCC(CC(=O)CCc2ccc(F)cc2F)CC1)C(C(=C)C)C(C)C. The smallest absolute Gasteiger partial charge is 0.133 e. The van der Waals surface area contributed by atoms with Gasteiger partial charge in [-0.15, -0.1) is 0 Å². The third kappa shape index (κ3) is 6.75. The first-order chi connectivity index (χ1) is 14.2. The average molecular weight is 415 g/mol. The van der Waals surface area contributed by atoms with Crippen LogP contribution in [0.4, 0.5) is 8.78 Å².